The number of para-hydroxylation sites is 1. The Labute approximate surface area is 138 Å². The van der Waals surface area contributed by atoms with Gasteiger partial charge in [0.15, 0.2) is 5.78 Å². The largest absolute Gasteiger partial charge is 0.444 e. The summed E-state index contributed by atoms with van der Waals surface area (Å²) in [5, 5.41) is 0. The minimum atomic E-state index is -0.548. The van der Waals surface area contributed by atoms with E-state index in [4.69, 9.17) is 4.74 Å². The molecule has 0 aromatic heterocycles. The van der Waals surface area contributed by atoms with Crippen molar-refractivity contribution in [2.24, 2.45) is 0 Å². The molecule has 5 heteroatoms. The highest BCUT2D eigenvalue weighted by Gasteiger charge is 2.36. The summed E-state index contributed by atoms with van der Waals surface area (Å²) in [4.78, 5) is 28.4. The SMILES string of the molecule is CN(CC(=O)[C@@H]1CCCN1C(=O)OC(C)(C)C)c1ccccc1. The molecule has 1 aromatic carbocycles. The molecule has 0 N–H and O–H groups in total. The fourth-order valence-corrected chi connectivity index (χ4v) is 2.75. The van der Waals surface area contributed by atoms with Crippen LogP contribution in [-0.2, 0) is 9.53 Å². The van der Waals surface area contributed by atoms with Gasteiger partial charge in [-0.3, -0.25) is 9.69 Å². The van der Waals surface area contributed by atoms with Crippen molar-refractivity contribution >= 4 is 17.6 Å². The molecule has 1 heterocycles. The second kappa shape index (κ2) is 7.02. The van der Waals surface area contributed by atoms with Crippen molar-refractivity contribution in [2.45, 2.75) is 45.3 Å². The van der Waals surface area contributed by atoms with Crippen molar-refractivity contribution in [1.29, 1.82) is 0 Å². The number of hydrogen-bond donors (Lipinski definition) is 0. The van der Waals surface area contributed by atoms with E-state index in [0.717, 1.165) is 12.1 Å². The van der Waals surface area contributed by atoms with Gasteiger partial charge in [-0.1, -0.05) is 18.2 Å². The minimum absolute atomic E-state index is 0.0553. The molecule has 1 fully saturated rings. The third kappa shape index (κ3) is 4.71. The van der Waals surface area contributed by atoms with Crippen LogP contribution in [0.5, 0.6) is 0 Å². The first-order valence-corrected chi connectivity index (χ1v) is 8.06. The molecule has 1 saturated heterocycles. The molecule has 0 unspecified atom stereocenters. The number of carbonyl (C=O) groups excluding carboxylic acids is 2. The molecule has 2 rings (SSSR count). The zero-order valence-corrected chi connectivity index (χ0v) is 14.4. The van der Waals surface area contributed by atoms with Crippen LogP contribution >= 0.6 is 0 Å². The van der Waals surface area contributed by atoms with E-state index < -0.39 is 11.7 Å². The summed E-state index contributed by atoms with van der Waals surface area (Å²) in [6.45, 7) is 6.37. The molecule has 1 aliphatic heterocycles. The van der Waals surface area contributed by atoms with Gasteiger partial charge in [-0.05, 0) is 45.7 Å². The standard InChI is InChI=1S/C18H26N2O3/c1-18(2,3)23-17(22)20-12-8-11-15(20)16(21)13-19(4)14-9-6-5-7-10-14/h5-7,9-10,15H,8,11-13H2,1-4H3/t15-/m0/s1. The number of carbonyl (C=O) groups is 2. The number of anilines is 1. The van der Waals surface area contributed by atoms with Gasteiger partial charge in [0.1, 0.15) is 5.60 Å². The number of ether oxygens (including phenoxy) is 1. The maximum Gasteiger partial charge on any atom is 0.410 e. The Balaban J connectivity index is 1.99. The molecule has 0 saturated carbocycles. The van der Waals surface area contributed by atoms with Gasteiger partial charge < -0.3 is 9.64 Å². The number of nitrogens with zero attached hydrogens (tertiary/aromatic N) is 2. The summed E-state index contributed by atoms with van der Waals surface area (Å²) in [6.07, 6.45) is 1.15. The smallest absolute Gasteiger partial charge is 0.410 e. The van der Waals surface area contributed by atoms with Gasteiger partial charge in [0.2, 0.25) is 0 Å². The van der Waals surface area contributed by atoms with Gasteiger partial charge in [-0.25, -0.2) is 4.79 Å². The predicted octanol–water partition coefficient (Wildman–Crippen LogP) is 3.09. The fourth-order valence-electron chi connectivity index (χ4n) is 2.75. The van der Waals surface area contributed by atoms with Crippen LogP contribution in [0.25, 0.3) is 0 Å². The molecular weight excluding hydrogens is 292 g/mol. The zero-order valence-electron chi connectivity index (χ0n) is 14.4. The quantitative estimate of drug-likeness (QED) is 0.856. The number of likely N-dealkylation sites (N-methyl/N-ethyl adjacent to an activating group) is 1. The normalized spacial score (nSPS) is 17.9. The van der Waals surface area contributed by atoms with Crippen LogP contribution in [-0.4, -0.2) is 48.6 Å². The van der Waals surface area contributed by atoms with Gasteiger partial charge in [0.05, 0.1) is 12.6 Å². The van der Waals surface area contributed by atoms with Gasteiger partial charge in [0.25, 0.3) is 0 Å². The van der Waals surface area contributed by atoms with Crippen LogP contribution in [0.3, 0.4) is 0 Å². The van der Waals surface area contributed by atoms with E-state index in [-0.39, 0.29) is 18.4 Å². The lowest BCUT2D eigenvalue weighted by Crippen LogP contribution is -2.46. The third-order valence-corrected chi connectivity index (χ3v) is 3.84. The molecule has 1 aromatic rings. The van der Waals surface area contributed by atoms with E-state index in [1.165, 1.54) is 0 Å². The Morgan fingerprint density at radius 1 is 1.26 bits per heavy atom. The second-order valence-electron chi connectivity index (χ2n) is 6.99. The molecule has 1 atom stereocenters. The summed E-state index contributed by atoms with van der Waals surface area (Å²) in [5.74, 6) is 0.0553. The van der Waals surface area contributed by atoms with Crippen molar-refractivity contribution in [3.8, 4) is 0 Å². The monoisotopic (exact) mass is 318 g/mol. The van der Waals surface area contributed by atoms with Gasteiger partial charge >= 0.3 is 6.09 Å². The van der Waals surface area contributed by atoms with Gasteiger partial charge in [-0.2, -0.15) is 0 Å². The van der Waals surface area contributed by atoms with Crippen LogP contribution in [0, 0.1) is 0 Å². The van der Waals surface area contributed by atoms with E-state index in [1.807, 2.05) is 63.1 Å². The van der Waals surface area contributed by atoms with Crippen molar-refractivity contribution < 1.29 is 14.3 Å². The number of likely N-dealkylation sites (tertiary alicyclic amines) is 1. The summed E-state index contributed by atoms with van der Waals surface area (Å²) in [6, 6.07) is 9.38. The summed E-state index contributed by atoms with van der Waals surface area (Å²) in [5.41, 5.74) is 0.441. The summed E-state index contributed by atoms with van der Waals surface area (Å²) >= 11 is 0. The van der Waals surface area contributed by atoms with Crippen molar-refractivity contribution in [2.75, 3.05) is 25.0 Å². The molecule has 1 amide bonds. The summed E-state index contributed by atoms with van der Waals surface area (Å²) < 4.78 is 5.41. The van der Waals surface area contributed by atoms with E-state index >= 15 is 0 Å². The van der Waals surface area contributed by atoms with Crippen molar-refractivity contribution in [3.63, 3.8) is 0 Å². The van der Waals surface area contributed by atoms with Gasteiger partial charge in [0, 0.05) is 19.3 Å². The zero-order chi connectivity index (χ0) is 17.0. The molecule has 126 valence electrons. The highest BCUT2D eigenvalue weighted by Crippen LogP contribution is 2.22. The lowest BCUT2D eigenvalue weighted by atomic mass is 10.1. The number of ketones is 1. The first kappa shape index (κ1) is 17.3. The fraction of sp³-hybridized carbons (Fsp3) is 0.556. The molecule has 0 radical (unpaired) electrons. The van der Waals surface area contributed by atoms with Gasteiger partial charge in [-0.15, -0.1) is 0 Å². The van der Waals surface area contributed by atoms with Crippen LogP contribution < -0.4 is 4.90 Å². The van der Waals surface area contributed by atoms with Crippen LogP contribution in [0.1, 0.15) is 33.6 Å². The molecule has 0 spiro atoms. The molecule has 1 aliphatic rings. The topological polar surface area (TPSA) is 49.9 Å². The highest BCUT2D eigenvalue weighted by molar-refractivity contribution is 5.91. The lowest BCUT2D eigenvalue weighted by molar-refractivity contribution is -0.122. The van der Waals surface area contributed by atoms with Crippen molar-refractivity contribution in [3.05, 3.63) is 30.3 Å². The average Bonchev–Trinajstić information content (AvgIpc) is 2.96. The highest BCUT2D eigenvalue weighted by atomic mass is 16.6. The number of hydrogen-bond acceptors (Lipinski definition) is 4. The Bertz CT molecular complexity index is 551. The Hall–Kier alpha value is -2.04. The minimum Gasteiger partial charge on any atom is -0.444 e. The number of Topliss-reactive ketones (excluding diaryl/α,β-unsaturated/α-hetero) is 1. The first-order chi connectivity index (χ1) is 10.8. The molecule has 23 heavy (non-hydrogen) atoms. The number of benzene rings is 1. The van der Waals surface area contributed by atoms with E-state index in [9.17, 15) is 9.59 Å². The maximum atomic E-state index is 12.6. The lowest BCUT2D eigenvalue weighted by Gasteiger charge is -2.29. The molecule has 0 aliphatic carbocycles. The number of rotatable bonds is 4. The predicted molar refractivity (Wildman–Crippen MR) is 90.7 cm³/mol. The van der Waals surface area contributed by atoms with Crippen LogP contribution in [0.4, 0.5) is 10.5 Å². The van der Waals surface area contributed by atoms with Crippen molar-refractivity contribution in [1.82, 2.24) is 4.90 Å². The number of amides is 1. The molecular formula is C18H26N2O3. The van der Waals surface area contributed by atoms with Crippen LogP contribution in [0.15, 0.2) is 30.3 Å². The summed E-state index contributed by atoms with van der Waals surface area (Å²) in [7, 11) is 1.89. The Morgan fingerprint density at radius 2 is 1.91 bits per heavy atom. The first-order valence-electron chi connectivity index (χ1n) is 8.06. The Kier molecular flexibility index (Phi) is 5.29. The third-order valence-electron chi connectivity index (χ3n) is 3.84. The van der Waals surface area contributed by atoms with E-state index in [1.54, 1.807) is 4.90 Å². The maximum absolute atomic E-state index is 12.6. The van der Waals surface area contributed by atoms with E-state index in [2.05, 4.69) is 0 Å². The molecule has 0 bridgehead atoms. The average molecular weight is 318 g/mol. The second-order valence-corrected chi connectivity index (χ2v) is 6.99. The Morgan fingerprint density at radius 3 is 2.52 bits per heavy atom. The van der Waals surface area contributed by atoms with Crippen LogP contribution in [0.2, 0.25) is 0 Å². The van der Waals surface area contributed by atoms with E-state index in [0.29, 0.717) is 13.0 Å². The molecule has 5 nitrogen and oxygen atoms in total.